The molecule has 3 aromatic rings. The molecule has 1 atom stereocenters. The average Bonchev–Trinajstić information content (AvgIpc) is 3.00. The molecule has 3 aromatic carbocycles. The Kier molecular flexibility index (Phi) is 3.89. The third kappa shape index (κ3) is 2.32. The van der Waals surface area contributed by atoms with Gasteiger partial charge in [0.25, 0.3) is 0 Å². The first-order valence-corrected chi connectivity index (χ1v) is 9.78. The quantitative estimate of drug-likeness (QED) is 0.428. The highest BCUT2D eigenvalue weighted by atomic mass is 35.5. The van der Waals surface area contributed by atoms with Crippen LogP contribution in [-0.4, -0.2) is 34.9 Å². The Balaban J connectivity index is 1.93. The first-order valence-electron chi connectivity index (χ1n) is 9.40. The van der Waals surface area contributed by atoms with E-state index in [2.05, 4.69) is 0 Å². The summed E-state index contributed by atoms with van der Waals surface area (Å²) in [5.74, 6) is -2.79. The number of cyclic esters (lactones) is 1. The summed E-state index contributed by atoms with van der Waals surface area (Å²) >= 11 is 6.39. The van der Waals surface area contributed by atoms with Gasteiger partial charge < -0.3 is 19.7 Å². The lowest BCUT2D eigenvalue weighted by Crippen LogP contribution is -2.23. The zero-order valence-electron chi connectivity index (χ0n) is 16.6. The SMILES string of the molecule is COc1c(Cl)c(C)cc2cc(O)c3c(c12)C(=O)c1cc2c(c(O)c1C3=O)[C@@H](C)OC2=O. The van der Waals surface area contributed by atoms with Gasteiger partial charge in [-0.3, -0.25) is 9.59 Å². The molecule has 0 fully saturated rings. The molecule has 1 aliphatic carbocycles. The van der Waals surface area contributed by atoms with E-state index in [9.17, 15) is 24.6 Å². The summed E-state index contributed by atoms with van der Waals surface area (Å²) in [5.41, 5.74) is 0.0659. The van der Waals surface area contributed by atoms with Crippen LogP contribution in [0.15, 0.2) is 18.2 Å². The molecule has 2 aliphatic rings. The summed E-state index contributed by atoms with van der Waals surface area (Å²) in [6, 6.07) is 4.29. The molecule has 31 heavy (non-hydrogen) atoms. The van der Waals surface area contributed by atoms with E-state index >= 15 is 0 Å². The largest absolute Gasteiger partial charge is 0.507 e. The van der Waals surface area contributed by atoms with Crippen LogP contribution in [0.5, 0.6) is 17.2 Å². The Morgan fingerprint density at radius 1 is 1.00 bits per heavy atom. The molecule has 0 amide bonds. The molecular formula is C23H15ClO7. The minimum atomic E-state index is -0.774. The molecule has 0 saturated heterocycles. The van der Waals surface area contributed by atoms with Gasteiger partial charge in [0.15, 0.2) is 5.78 Å². The van der Waals surface area contributed by atoms with Gasteiger partial charge >= 0.3 is 5.97 Å². The molecule has 0 saturated carbocycles. The van der Waals surface area contributed by atoms with Crippen molar-refractivity contribution in [3.8, 4) is 17.2 Å². The van der Waals surface area contributed by atoms with Gasteiger partial charge in [-0.1, -0.05) is 11.6 Å². The molecule has 1 heterocycles. The van der Waals surface area contributed by atoms with E-state index in [1.165, 1.54) is 19.2 Å². The number of carbonyl (C=O) groups is 3. The molecule has 1 aliphatic heterocycles. The number of phenolic OH excluding ortho intramolecular Hbond substituents is 2. The third-order valence-corrected chi connectivity index (χ3v) is 6.33. The van der Waals surface area contributed by atoms with Gasteiger partial charge in [-0.25, -0.2) is 4.79 Å². The number of ketones is 2. The second kappa shape index (κ2) is 6.21. The van der Waals surface area contributed by atoms with Crippen molar-refractivity contribution >= 4 is 39.9 Å². The molecule has 0 unspecified atom stereocenters. The summed E-state index contributed by atoms with van der Waals surface area (Å²) in [6.45, 7) is 3.30. The lowest BCUT2D eigenvalue weighted by atomic mass is 9.78. The van der Waals surface area contributed by atoms with E-state index in [1.54, 1.807) is 19.9 Å². The first kappa shape index (κ1) is 19.4. The smallest absolute Gasteiger partial charge is 0.339 e. The lowest BCUT2D eigenvalue weighted by Gasteiger charge is -2.23. The molecule has 8 heteroatoms. The zero-order chi connectivity index (χ0) is 22.4. The number of hydrogen-bond acceptors (Lipinski definition) is 7. The summed E-state index contributed by atoms with van der Waals surface area (Å²) in [6.07, 6.45) is -0.774. The molecule has 7 nitrogen and oxygen atoms in total. The number of fused-ring (bicyclic) bond motifs is 5. The van der Waals surface area contributed by atoms with Crippen molar-refractivity contribution in [1.82, 2.24) is 0 Å². The van der Waals surface area contributed by atoms with Crippen LogP contribution in [0.3, 0.4) is 0 Å². The molecule has 0 radical (unpaired) electrons. The highest BCUT2D eigenvalue weighted by Gasteiger charge is 2.42. The predicted molar refractivity (Wildman–Crippen MR) is 111 cm³/mol. The molecule has 0 aromatic heterocycles. The van der Waals surface area contributed by atoms with E-state index in [0.717, 1.165) is 0 Å². The van der Waals surface area contributed by atoms with Gasteiger partial charge in [-0.2, -0.15) is 0 Å². The summed E-state index contributed by atoms with van der Waals surface area (Å²) in [4.78, 5) is 39.2. The monoisotopic (exact) mass is 438 g/mol. The van der Waals surface area contributed by atoms with E-state index in [4.69, 9.17) is 21.1 Å². The van der Waals surface area contributed by atoms with E-state index in [0.29, 0.717) is 10.9 Å². The normalized spacial score (nSPS) is 16.8. The number of methoxy groups -OCH3 is 1. The molecule has 156 valence electrons. The Hall–Kier alpha value is -3.58. The van der Waals surface area contributed by atoms with Crippen molar-refractivity contribution < 1.29 is 34.1 Å². The standard InChI is InChI=1S/C23H15ClO7/c1-7-4-9-5-12(25)16-17(14(9)22(30-3)18(7)24)19(26)10-6-11-13(8(2)31-23(11)29)20(27)15(10)21(16)28/h4-6,8,25,27H,1-3H3/t8-/m1/s1. The number of rotatable bonds is 1. The summed E-state index contributed by atoms with van der Waals surface area (Å²) in [5, 5.41) is 22.5. The molecule has 2 N–H and O–H groups in total. The second-order valence-corrected chi connectivity index (χ2v) is 7.98. The number of halogens is 1. The van der Waals surface area contributed by atoms with Crippen molar-refractivity contribution in [2.45, 2.75) is 20.0 Å². The van der Waals surface area contributed by atoms with Gasteiger partial charge in [-0.15, -0.1) is 0 Å². The van der Waals surface area contributed by atoms with Crippen LogP contribution < -0.4 is 4.74 Å². The summed E-state index contributed by atoms with van der Waals surface area (Å²) < 4.78 is 10.6. The predicted octanol–water partition coefficient (Wildman–Crippen LogP) is 4.23. The minimum Gasteiger partial charge on any atom is -0.507 e. The van der Waals surface area contributed by atoms with E-state index in [-0.39, 0.29) is 49.5 Å². The van der Waals surface area contributed by atoms with Gasteiger partial charge in [0.05, 0.1) is 28.8 Å². The van der Waals surface area contributed by atoms with Crippen LogP contribution >= 0.6 is 11.6 Å². The maximum atomic E-state index is 13.6. The van der Waals surface area contributed by atoms with Crippen LogP contribution in [-0.2, 0) is 4.74 Å². The number of phenols is 2. The number of carbonyl (C=O) groups excluding carboxylic acids is 3. The van der Waals surface area contributed by atoms with Crippen molar-refractivity contribution in [1.29, 1.82) is 0 Å². The maximum absolute atomic E-state index is 13.6. The molecule has 5 rings (SSSR count). The van der Waals surface area contributed by atoms with Gasteiger partial charge in [0, 0.05) is 22.1 Å². The number of aryl methyl sites for hydroxylation is 1. The van der Waals surface area contributed by atoms with Gasteiger partial charge in [-0.05, 0) is 43.0 Å². The molecule has 0 spiro atoms. The Bertz CT molecular complexity index is 1400. The number of hydrogen-bond donors (Lipinski definition) is 2. The minimum absolute atomic E-state index is 0.0265. The fraction of sp³-hybridized carbons (Fsp3) is 0.174. The third-order valence-electron chi connectivity index (χ3n) is 5.86. The van der Waals surface area contributed by atoms with Crippen LogP contribution in [0.25, 0.3) is 10.8 Å². The number of benzene rings is 3. The second-order valence-electron chi connectivity index (χ2n) is 7.60. The van der Waals surface area contributed by atoms with Crippen molar-refractivity contribution in [2.24, 2.45) is 0 Å². The highest BCUT2D eigenvalue weighted by Crippen LogP contribution is 2.48. The van der Waals surface area contributed by atoms with E-state index < -0.39 is 35.1 Å². The summed E-state index contributed by atoms with van der Waals surface area (Å²) in [7, 11) is 1.39. The molecule has 0 bridgehead atoms. The first-order chi connectivity index (χ1) is 14.7. The van der Waals surface area contributed by atoms with Crippen LogP contribution in [0.4, 0.5) is 0 Å². The van der Waals surface area contributed by atoms with Gasteiger partial charge in [0.2, 0.25) is 5.78 Å². The Morgan fingerprint density at radius 2 is 1.71 bits per heavy atom. The topological polar surface area (TPSA) is 110 Å². The zero-order valence-corrected chi connectivity index (χ0v) is 17.4. The number of aromatic hydroxyl groups is 2. The Morgan fingerprint density at radius 3 is 2.39 bits per heavy atom. The Labute approximate surface area is 180 Å². The highest BCUT2D eigenvalue weighted by molar-refractivity contribution is 6.38. The van der Waals surface area contributed by atoms with Crippen molar-refractivity contribution in [3.05, 3.63) is 62.2 Å². The fourth-order valence-corrected chi connectivity index (χ4v) is 4.72. The lowest BCUT2D eigenvalue weighted by molar-refractivity contribution is 0.0420. The number of esters is 1. The van der Waals surface area contributed by atoms with Crippen molar-refractivity contribution in [3.63, 3.8) is 0 Å². The average molecular weight is 439 g/mol. The van der Waals surface area contributed by atoms with Crippen LogP contribution in [0.2, 0.25) is 5.02 Å². The maximum Gasteiger partial charge on any atom is 0.339 e. The number of ether oxygens (including phenoxy) is 2. The van der Waals surface area contributed by atoms with Gasteiger partial charge in [0.1, 0.15) is 23.4 Å². The van der Waals surface area contributed by atoms with Crippen LogP contribution in [0, 0.1) is 6.92 Å². The molecular weight excluding hydrogens is 424 g/mol. The fourth-order valence-electron chi connectivity index (χ4n) is 4.50. The van der Waals surface area contributed by atoms with Crippen LogP contribution in [0.1, 0.15) is 66.4 Å². The van der Waals surface area contributed by atoms with E-state index in [1.807, 2.05) is 0 Å². The van der Waals surface area contributed by atoms with Crippen molar-refractivity contribution in [2.75, 3.05) is 7.11 Å².